The number of nitrogens with zero attached hydrogens (tertiary/aromatic N) is 2. The number of carbonyl (C=O) groups is 2. The van der Waals surface area contributed by atoms with E-state index < -0.39 is 15.1 Å². The summed E-state index contributed by atoms with van der Waals surface area (Å²) in [5, 5.41) is 1.69. The lowest BCUT2D eigenvalue weighted by Crippen LogP contribution is -2.49. The fraction of sp³-hybridized carbons (Fsp3) is 0.391. The van der Waals surface area contributed by atoms with E-state index in [1.54, 1.807) is 30.9 Å². The molecule has 32 heavy (non-hydrogen) atoms. The quantitative estimate of drug-likeness (QED) is 0.718. The average molecular weight is 474 g/mol. The predicted molar refractivity (Wildman–Crippen MR) is 127 cm³/mol. The molecule has 1 saturated heterocycles. The molecule has 0 radical (unpaired) electrons. The summed E-state index contributed by atoms with van der Waals surface area (Å²) in [7, 11) is -3.71. The van der Waals surface area contributed by atoms with E-state index in [-0.39, 0.29) is 28.4 Å². The van der Waals surface area contributed by atoms with Crippen LogP contribution in [0.4, 0.5) is 11.4 Å². The van der Waals surface area contributed by atoms with Gasteiger partial charge < -0.3 is 15.1 Å². The normalized spacial score (nSPS) is 19.8. The molecule has 2 atom stereocenters. The summed E-state index contributed by atoms with van der Waals surface area (Å²) in [6.07, 6.45) is -0.0666. The molecule has 2 aromatic rings. The minimum absolute atomic E-state index is 0.0666. The molecule has 2 aliphatic rings. The van der Waals surface area contributed by atoms with Crippen molar-refractivity contribution in [2.24, 2.45) is 0 Å². The first-order valence-corrected chi connectivity index (χ1v) is 13.1. The van der Waals surface area contributed by atoms with Crippen LogP contribution in [0.3, 0.4) is 0 Å². The van der Waals surface area contributed by atoms with Crippen LogP contribution < -0.4 is 10.2 Å². The van der Waals surface area contributed by atoms with Crippen molar-refractivity contribution in [3.05, 3.63) is 48.5 Å². The zero-order valence-electron chi connectivity index (χ0n) is 18.2. The fourth-order valence-corrected chi connectivity index (χ4v) is 6.23. The summed E-state index contributed by atoms with van der Waals surface area (Å²) < 4.78 is 26.2. The Hall–Kier alpha value is -2.52. The van der Waals surface area contributed by atoms with Gasteiger partial charge in [0.2, 0.25) is 11.8 Å². The Bertz CT molecular complexity index is 1110. The van der Waals surface area contributed by atoms with E-state index in [4.69, 9.17) is 0 Å². The Morgan fingerprint density at radius 2 is 1.81 bits per heavy atom. The lowest BCUT2D eigenvalue weighted by Gasteiger charge is -2.36. The Labute approximate surface area is 193 Å². The molecule has 0 bridgehead atoms. The van der Waals surface area contributed by atoms with Gasteiger partial charge in [0.05, 0.1) is 21.1 Å². The molecule has 0 aliphatic carbocycles. The number of piperazine rings is 1. The van der Waals surface area contributed by atoms with Gasteiger partial charge in [-0.2, -0.15) is 0 Å². The van der Waals surface area contributed by atoms with Crippen LogP contribution in [0.2, 0.25) is 0 Å². The van der Waals surface area contributed by atoms with Gasteiger partial charge in [-0.3, -0.25) is 9.59 Å². The molecule has 1 fully saturated rings. The highest BCUT2D eigenvalue weighted by Gasteiger charge is 2.31. The van der Waals surface area contributed by atoms with Crippen LogP contribution in [-0.2, 0) is 19.4 Å². The Kier molecular flexibility index (Phi) is 6.48. The number of para-hydroxylation sites is 1. The van der Waals surface area contributed by atoms with Crippen LogP contribution in [0, 0.1) is 0 Å². The predicted octanol–water partition coefficient (Wildman–Crippen LogP) is 3.02. The number of hydrogen-bond acceptors (Lipinski definition) is 6. The second-order valence-electron chi connectivity index (χ2n) is 8.17. The third kappa shape index (κ3) is 4.63. The molecule has 0 spiro atoms. The van der Waals surface area contributed by atoms with Crippen molar-refractivity contribution in [2.75, 3.05) is 36.4 Å². The van der Waals surface area contributed by atoms with Gasteiger partial charge in [-0.15, -0.1) is 11.8 Å². The van der Waals surface area contributed by atoms with Gasteiger partial charge in [0.15, 0.2) is 9.84 Å². The first kappa shape index (κ1) is 22.7. The molecule has 2 heterocycles. The van der Waals surface area contributed by atoms with Gasteiger partial charge in [0, 0.05) is 43.2 Å². The Balaban J connectivity index is 1.39. The number of anilines is 2. The molecule has 170 valence electrons. The first-order chi connectivity index (χ1) is 15.3. The molecule has 0 unspecified atom stereocenters. The van der Waals surface area contributed by atoms with Gasteiger partial charge in [0.1, 0.15) is 0 Å². The van der Waals surface area contributed by atoms with Crippen molar-refractivity contribution >= 4 is 44.8 Å². The molecular weight excluding hydrogens is 446 g/mol. The van der Waals surface area contributed by atoms with E-state index >= 15 is 0 Å². The van der Waals surface area contributed by atoms with Gasteiger partial charge in [-0.05, 0) is 44.2 Å². The van der Waals surface area contributed by atoms with E-state index in [1.807, 2.05) is 30.3 Å². The lowest BCUT2D eigenvalue weighted by atomic mass is 10.2. The van der Waals surface area contributed by atoms with Gasteiger partial charge >= 0.3 is 0 Å². The lowest BCUT2D eigenvalue weighted by molar-refractivity contribution is -0.131. The van der Waals surface area contributed by atoms with E-state index in [0.717, 1.165) is 23.7 Å². The maximum absolute atomic E-state index is 13.1. The maximum atomic E-state index is 13.1. The number of fused-ring (bicyclic) bond motifs is 1. The molecule has 4 rings (SSSR count). The summed E-state index contributed by atoms with van der Waals surface area (Å²) in [5.41, 5.74) is 1.64. The largest absolute Gasteiger partial charge is 0.368 e. The third-order valence-corrected chi connectivity index (χ3v) is 9.27. The number of thioether (sulfide) groups is 1. The van der Waals surface area contributed by atoms with Crippen molar-refractivity contribution in [2.45, 2.75) is 40.6 Å². The molecular formula is C23H27N3O4S2. The number of nitrogens with one attached hydrogen (secondary N) is 1. The highest BCUT2D eigenvalue weighted by molar-refractivity contribution is 8.01. The second kappa shape index (κ2) is 9.15. The number of carbonyl (C=O) groups excluding carboxylic acids is 2. The van der Waals surface area contributed by atoms with Crippen molar-refractivity contribution < 1.29 is 18.0 Å². The highest BCUT2D eigenvalue weighted by atomic mass is 32.2. The Morgan fingerprint density at radius 1 is 1.12 bits per heavy atom. The van der Waals surface area contributed by atoms with Crippen molar-refractivity contribution in [1.82, 2.24) is 4.90 Å². The van der Waals surface area contributed by atoms with E-state index in [1.165, 1.54) is 17.8 Å². The van der Waals surface area contributed by atoms with Crippen LogP contribution in [0.1, 0.15) is 20.3 Å². The van der Waals surface area contributed by atoms with Crippen LogP contribution in [0.15, 0.2) is 58.3 Å². The molecule has 2 amide bonds. The van der Waals surface area contributed by atoms with Gasteiger partial charge in [0.25, 0.3) is 0 Å². The first-order valence-electron chi connectivity index (χ1n) is 10.7. The number of hydrogen-bond donors (Lipinski definition) is 1. The molecule has 2 aliphatic heterocycles. The summed E-state index contributed by atoms with van der Waals surface area (Å²) in [5.74, 6) is -0.292. The third-order valence-electron chi connectivity index (χ3n) is 5.96. The minimum Gasteiger partial charge on any atom is -0.368 e. The standard InChI is InChI=1S/C23H27N3O4S2/c1-16(14-22(27)26-12-10-25(11-13-26)18-6-4-3-5-7-18)32(29,30)19-8-9-21-20(15-19)24-23(28)17(2)31-21/h3-9,15-17H,10-14H2,1-2H3,(H,24,28)/t16-,17+/m0/s1. The van der Waals surface area contributed by atoms with Crippen molar-refractivity contribution in [3.8, 4) is 0 Å². The fourth-order valence-electron chi connectivity index (χ4n) is 3.93. The number of amides is 2. The molecule has 7 nitrogen and oxygen atoms in total. The summed E-state index contributed by atoms with van der Waals surface area (Å²) in [6, 6.07) is 14.8. The molecule has 0 aromatic heterocycles. The SMILES string of the molecule is C[C@H]1Sc2ccc(S(=O)(=O)[C@@H](C)CC(=O)N3CCN(c4ccccc4)CC3)cc2NC1=O. The number of benzene rings is 2. The highest BCUT2D eigenvalue weighted by Crippen LogP contribution is 2.37. The van der Waals surface area contributed by atoms with Gasteiger partial charge in [-0.1, -0.05) is 18.2 Å². The molecule has 2 aromatic carbocycles. The van der Waals surface area contributed by atoms with Crippen LogP contribution in [0.5, 0.6) is 0 Å². The van der Waals surface area contributed by atoms with Crippen LogP contribution in [0.25, 0.3) is 0 Å². The van der Waals surface area contributed by atoms with E-state index in [0.29, 0.717) is 18.8 Å². The number of rotatable bonds is 5. The minimum atomic E-state index is -3.71. The average Bonchev–Trinajstić information content (AvgIpc) is 2.80. The van der Waals surface area contributed by atoms with Crippen molar-refractivity contribution in [1.29, 1.82) is 0 Å². The second-order valence-corrected chi connectivity index (χ2v) is 11.9. The van der Waals surface area contributed by atoms with E-state index in [9.17, 15) is 18.0 Å². The summed E-state index contributed by atoms with van der Waals surface area (Å²) in [4.78, 5) is 29.7. The molecule has 0 saturated carbocycles. The molecule has 9 heteroatoms. The molecule has 1 N–H and O–H groups in total. The Morgan fingerprint density at radius 3 is 2.50 bits per heavy atom. The number of sulfone groups is 1. The zero-order valence-corrected chi connectivity index (χ0v) is 19.8. The van der Waals surface area contributed by atoms with Gasteiger partial charge in [-0.25, -0.2) is 8.42 Å². The van der Waals surface area contributed by atoms with Crippen LogP contribution in [-0.4, -0.2) is 61.8 Å². The maximum Gasteiger partial charge on any atom is 0.237 e. The summed E-state index contributed by atoms with van der Waals surface area (Å²) in [6.45, 7) is 5.96. The topological polar surface area (TPSA) is 86.8 Å². The summed E-state index contributed by atoms with van der Waals surface area (Å²) >= 11 is 1.40. The van der Waals surface area contributed by atoms with Crippen molar-refractivity contribution in [3.63, 3.8) is 0 Å². The smallest absolute Gasteiger partial charge is 0.237 e. The van der Waals surface area contributed by atoms with Crippen LogP contribution >= 0.6 is 11.8 Å². The van der Waals surface area contributed by atoms with E-state index in [2.05, 4.69) is 10.2 Å². The zero-order chi connectivity index (χ0) is 22.9. The monoisotopic (exact) mass is 473 g/mol.